The first-order valence-electron chi connectivity index (χ1n) is 21.7. The minimum absolute atomic E-state index is 0.186. The predicted octanol–water partition coefficient (Wildman–Crippen LogP) is 2.26. The molecule has 5 rings (SSSR count). The maximum absolute atomic E-state index is 12.8. The number of ether oxygens (including phenoxy) is 7. The lowest BCUT2D eigenvalue weighted by atomic mass is 9.95. The van der Waals surface area contributed by atoms with Gasteiger partial charge in [0.2, 0.25) is 10.2 Å². The van der Waals surface area contributed by atoms with Gasteiger partial charge in [-0.25, -0.2) is 4.39 Å². The Labute approximate surface area is 388 Å². The van der Waals surface area contributed by atoms with E-state index in [4.69, 9.17) is 40.3 Å². The summed E-state index contributed by atoms with van der Waals surface area (Å²) in [6.07, 6.45) is -12.2. The third-order valence-corrected chi connectivity index (χ3v) is 11.9. The first kappa shape index (κ1) is 51.8. The molecule has 1 amide bonds. The van der Waals surface area contributed by atoms with Gasteiger partial charge in [0.25, 0.3) is 0 Å². The molecule has 0 spiro atoms. The van der Waals surface area contributed by atoms with Gasteiger partial charge in [0.1, 0.15) is 60.1 Å². The van der Waals surface area contributed by atoms with Crippen LogP contribution in [-0.2, 0) is 51.2 Å². The summed E-state index contributed by atoms with van der Waals surface area (Å²) in [5.41, 5.74) is 7.28. The molecule has 0 radical (unpaired) electrons. The van der Waals surface area contributed by atoms with Gasteiger partial charge in [0.15, 0.2) is 12.6 Å². The Morgan fingerprint density at radius 1 is 0.921 bits per heavy atom. The number of aliphatic hydroxyl groups is 5. The van der Waals surface area contributed by atoms with Crippen molar-refractivity contribution < 1.29 is 69.2 Å². The molecule has 15 unspecified atom stereocenters. The second-order valence-corrected chi connectivity index (χ2v) is 17.4. The molecule has 3 heterocycles. The molecule has 9 N–H and O–H groups in total. The lowest BCUT2D eigenvalue weighted by Gasteiger charge is -2.50. The van der Waals surface area contributed by atoms with E-state index in [-0.39, 0.29) is 18.8 Å². The number of amidine groups is 1. The maximum atomic E-state index is 12.8. The van der Waals surface area contributed by atoms with E-state index < -0.39 is 108 Å². The third-order valence-electron chi connectivity index (χ3n) is 10.3. The molecule has 356 valence electrons. The molecule has 0 aliphatic carbocycles. The first-order valence-corrected chi connectivity index (χ1v) is 23.4. The molecule has 3 fully saturated rings. The summed E-state index contributed by atoms with van der Waals surface area (Å²) >= 11 is 2.63. The Kier molecular flexibility index (Phi) is 23.2. The zero-order valence-electron chi connectivity index (χ0n) is 37.1. The van der Waals surface area contributed by atoms with Gasteiger partial charge in [0, 0.05) is 19.9 Å². The number of nitrogens with one attached hydrogen (secondary N) is 2. The Balaban J connectivity index is 0.00000102. The fraction of sp³-hybridized carbons (Fsp3) is 0.674. The van der Waals surface area contributed by atoms with Crippen LogP contribution in [0.25, 0.3) is 0 Å². The highest BCUT2D eigenvalue weighted by atomic mass is 127. The van der Waals surface area contributed by atoms with E-state index in [1.54, 1.807) is 0 Å². The number of amides is 1. The molecule has 2 aromatic rings. The Morgan fingerprint density at radius 2 is 1.56 bits per heavy atom. The van der Waals surface area contributed by atoms with Crippen molar-refractivity contribution in [2.45, 2.75) is 150 Å². The van der Waals surface area contributed by atoms with Gasteiger partial charge in [-0.2, -0.15) is 0 Å². The lowest BCUT2D eigenvalue weighted by molar-refractivity contribution is -0.350. The highest BCUT2D eigenvalue weighted by molar-refractivity contribution is 14.1. The number of nitrogens with two attached hydrogens (primary N) is 1. The third kappa shape index (κ3) is 16.9. The summed E-state index contributed by atoms with van der Waals surface area (Å²) in [4.78, 5) is 17.2. The topological polar surface area (TPSA) is 245 Å². The van der Waals surface area contributed by atoms with Crippen LogP contribution in [0.15, 0.2) is 65.7 Å². The van der Waals surface area contributed by atoms with Crippen LogP contribution in [0, 0.1) is 0 Å². The van der Waals surface area contributed by atoms with Crippen molar-refractivity contribution in [1.29, 1.82) is 0 Å². The number of hydrogen-bond donors (Lipinski definition) is 8. The Morgan fingerprint density at radius 3 is 2.11 bits per heavy atom. The zero-order valence-corrected chi connectivity index (χ0v) is 39.1. The van der Waals surface area contributed by atoms with Crippen LogP contribution in [0.4, 0.5) is 4.39 Å². The second kappa shape index (κ2) is 28.1. The fourth-order valence-electron chi connectivity index (χ4n) is 7.14. The predicted molar refractivity (Wildman–Crippen MR) is 242 cm³/mol. The summed E-state index contributed by atoms with van der Waals surface area (Å²) in [5, 5.41) is 57.7. The summed E-state index contributed by atoms with van der Waals surface area (Å²) in [6, 6.07) is 18.5. The number of aliphatic imine (C=N–C) groups is 1. The quantitative estimate of drug-likeness (QED) is 0.0294. The highest BCUT2D eigenvalue weighted by Crippen LogP contribution is 2.37. The number of halogens is 2. The molecular weight excluding hydrogens is 958 g/mol. The first-order chi connectivity index (χ1) is 30.6. The van der Waals surface area contributed by atoms with Gasteiger partial charge in [0.05, 0.1) is 51.8 Å². The largest absolute Gasteiger partial charge is 0.394 e. The van der Waals surface area contributed by atoms with E-state index in [9.17, 15) is 34.7 Å². The number of rotatable bonds is 21. The molecule has 17 nitrogen and oxygen atoms in total. The van der Waals surface area contributed by atoms with Crippen molar-refractivity contribution in [2.24, 2.45) is 10.7 Å². The molecule has 0 bridgehead atoms. The molecular formula is C43H66FIN4O13S. The second-order valence-electron chi connectivity index (χ2n) is 15.3. The van der Waals surface area contributed by atoms with Crippen molar-refractivity contribution >= 4 is 46.1 Å². The maximum Gasteiger partial charge on any atom is 0.217 e. The molecule has 2 aromatic carbocycles. The monoisotopic (exact) mass is 1030 g/mol. The van der Waals surface area contributed by atoms with Crippen LogP contribution in [0.3, 0.4) is 0 Å². The van der Waals surface area contributed by atoms with Crippen LogP contribution in [0.2, 0.25) is 0 Å². The van der Waals surface area contributed by atoms with E-state index in [0.29, 0.717) is 25.5 Å². The van der Waals surface area contributed by atoms with Crippen molar-refractivity contribution in [3.05, 3.63) is 71.8 Å². The van der Waals surface area contributed by atoms with Crippen LogP contribution in [-0.4, -0.2) is 159 Å². The van der Waals surface area contributed by atoms with Crippen molar-refractivity contribution in [2.75, 3.05) is 32.1 Å². The van der Waals surface area contributed by atoms with E-state index in [1.807, 2.05) is 81.4 Å². The van der Waals surface area contributed by atoms with Gasteiger partial charge in [-0.3, -0.25) is 15.1 Å². The van der Waals surface area contributed by atoms with Gasteiger partial charge in [-0.15, -0.1) is 11.8 Å². The van der Waals surface area contributed by atoms with E-state index in [1.165, 1.54) is 41.3 Å². The number of benzene rings is 2. The minimum atomic E-state index is -1.98. The van der Waals surface area contributed by atoms with Crippen LogP contribution in [0.5, 0.6) is 0 Å². The van der Waals surface area contributed by atoms with Crippen LogP contribution in [0.1, 0.15) is 59.5 Å². The molecule has 0 saturated carbocycles. The number of carbonyl (C=O) groups excluding carboxylic acids is 1. The lowest BCUT2D eigenvalue weighted by Crippen LogP contribution is -2.68. The van der Waals surface area contributed by atoms with Crippen molar-refractivity contribution in [1.82, 2.24) is 10.6 Å². The van der Waals surface area contributed by atoms with E-state index in [0.717, 1.165) is 24.0 Å². The number of nitrogens with zero attached hydrogens (tertiary/aromatic N) is 1. The SMILES string of the molecule is CCCN=C(N)CSC1OC(CO)C(OC2OC(CO)C(O)C(O)C2O)C(OC2CC(OCc3ccccc3)C(OCc3ccccc3)C(C)O2)C1NC(C)=O.[3H]C(F)(I)NCCC. The Bertz CT molecular complexity index is 1670. The zero-order chi connectivity index (χ0) is 46.8. The minimum Gasteiger partial charge on any atom is -0.394 e. The summed E-state index contributed by atoms with van der Waals surface area (Å²) in [6.45, 7) is 7.52. The van der Waals surface area contributed by atoms with E-state index in [2.05, 4.69) is 15.6 Å². The van der Waals surface area contributed by atoms with Crippen molar-refractivity contribution in [3.63, 3.8) is 0 Å². The van der Waals surface area contributed by atoms with Gasteiger partial charge in [-0.05, 0) is 60.0 Å². The van der Waals surface area contributed by atoms with Crippen LogP contribution >= 0.6 is 34.4 Å². The summed E-state index contributed by atoms with van der Waals surface area (Å²) in [5.74, 6) is 0.177. The number of alkyl halides is 2. The molecule has 15 atom stereocenters. The van der Waals surface area contributed by atoms with Crippen molar-refractivity contribution in [3.8, 4) is 0 Å². The molecule has 20 heteroatoms. The number of thioether (sulfide) groups is 1. The summed E-state index contributed by atoms with van der Waals surface area (Å²) < 4.78 is 61.3. The van der Waals surface area contributed by atoms with E-state index >= 15 is 0 Å². The van der Waals surface area contributed by atoms with Crippen LogP contribution < -0.4 is 16.4 Å². The number of carbonyl (C=O) groups is 1. The number of aliphatic hydroxyl groups excluding tert-OH is 5. The molecule has 3 saturated heterocycles. The number of hydrogen-bond acceptors (Lipinski definition) is 16. The smallest absolute Gasteiger partial charge is 0.217 e. The summed E-state index contributed by atoms with van der Waals surface area (Å²) in [7, 11) is 0. The van der Waals surface area contributed by atoms with Gasteiger partial charge >= 0.3 is 0 Å². The Hall–Kier alpha value is -2.13. The standard InChI is InChI=1S/C39H57N3O13S.C4H9FIN/c1-4-15-41-29(40)21-56-39-31(42-23(3)45)37(36(28(18-44)53-39)55-38-34(48)33(47)32(46)27(17-43)52-38)54-30-16-26(49-19-24-11-7-5-8-12-24)35(22(2)51-30)50-20-25-13-9-6-10-14-25;1-2-3-7-4(5)6/h5-14,22,26-28,30-39,43-44,46-48H,4,15-21H2,1-3H3,(H2,40,41)(H,42,45);4,7H,2-3H2,1H3/i;4T. The molecule has 63 heavy (non-hydrogen) atoms. The average molecular weight is 1030 g/mol. The molecule has 3 aliphatic rings. The average Bonchev–Trinajstić information content (AvgIpc) is 3.27. The molecule has 3 aliphatic heterocycles. The highest BCUT2D eigenvalue weighted by Gasteiger charge is 2.53. The van der Waals surface area contributed by atoms with Gasteiger partial charge in [-0.1, -0.05) is 74.5 Å². The fourth-order valence-corrected chi connectivity index (χ4v) is 8.49. The van der Waals surface area contributed by atoms with Gasteiger partial charge < -0.3 is 69.7 Å². The normalized spacial score (nSPS) is 33.6. The molecule has 0 aromatic heterocycles.